The van der Waals surface area contributed by atoms with Crippen molar-refractivity contribution in [1.29, 1.82) is 0 Å². The fourth-order valence-corrected chi connectivity index (χ4v) is 2.30. The summed E-state index contributed by atoms with van der Waals surface area (Å²) >= 11 is 0. The Labute approximate surface area is 101 Å². The van der Waals surface area contributed by atoms with E-state index < -0.39 is 0 Å². The molecule has 3 heteroatoms. The van der Waals surface area contributed by atoms with Gasteiger partial charge in [0, 0.05) is 38.8 Å². The largest absolute Gasteiger partial charge is 0.313 e. The van der Waals surface area contributed by atoms with Crippen LogP contribution in [0.5, 0.6) is 0 Å². The van der Waals surface area contributed by atoms with Gasteiger partial charge in [0.05, 0.1) is 0 Å². The molecule has 2 unspecified atom stereocenters. The van der Waals surface area contributed by atoms with Crippen LogP contribution in [0.2, 0.25) is 0 Å². The van der Waals surface area contributed by atoms with Crippen molar-refractivity contribution in [3.05, 3.63) is 0 Å². The molecule has 0 spiro atoms. The summed E-state index contributed by atoms with van der Waals surface area (Å²) in [5, 5.41) is 3.64. The van der Waals surface area contributed by atoms with Crippen LogP contribution < -0.4 is 5.32 Å². The quantitative estimate of drug-likeness (QED) is 0.737. The third kappa shape index (κ3) is 4.40. The van der Waals surface area contributed by atoms with Crippen molar-refractivity contribution in [2.45, 2.75) is 33.2 Å². The lowest BCUT2D eigenvalue weighted by Crippen LogP contribution is -2.51. The Morgan fingerprint density at radius 3 is 2.25 bits per heavy atom. The van der Waals surface area contributed by atoms with E-state index in [0.717, 1.165) is 12.5 Å². The van der Waals surface area contributed by atoms with E-state index in [0.29, 0.717) is 6.04 Å². The zero-order valence-electron chi connectivity index (χ0n) is 11.5. The van der Waals surface area contributed by atoms with Crippen LogP contribution in [0.1, 0.15) is 27.2 Å². The second kappa shape index (κ2) is 7.25. The van der Waals surface area contributed by atoms with Gasteiger partial charge in [0.15, 0.2) is 0 Å². The molecule has 2 atom stereocenters. The fourth-order valence-electron chi connectivity index (χ4n) is 2.30. The molecule has 1 saturated heterocycles. The van der Waals surface area contributed by atoms with Crippen molar-refractivity contribution in [2.24, 2.45) is 5.92 Å². The standard InChI is InChI=1S/C13H29N3/c1-5-12(3)13(14-6-2)11-16-9-7-15(4)8-10-16/h12-14H,5-11H2,1-4H3. The molecule has 0 aliphatic carbocycles. The Bertz CT molecular complexity index is 176. The smallest absolute Gasteiger partial charge is 0.0220 e. The van der Waals surface area contributed by atoms with Gasteiger partial charge in [-0.25, -0.2) is 0 Å². The van der Waals surface area contributed by atoms with Crippen LogP contribution in [0, 0.1) is 5.92 Å². The number of rotatable bonds is 6. The Morgan fingerprint density at radius 1 is 1.12 bits per heavy atom. The first-order valence-electron chi connectivity index (χ1n) is 6.81. The van der Waals surface area contributed by atoms with Gasteiger partial charge in [0.1, 0.15) is 0 Å². The van der Waals surface area contributed by atoms with E-state index in [4.69, 9.17) is 0 Å². The Kier molecular flexibility index (Phi) is 6.32. The molecule has 96 valence electrons. The molecule has 1 heterocycles. The zero-order valence-corrected chi connectivity index (χ0v) is 11.5. The van der Waals surface area contributed by atoms with Crippen molar-refractivity contribution in [1.82, 2.24) is 15.1 Å². The Balaban J connectivity index is 2.35. The molecule has 0 aromatic heterocycles. The summed E-state index contributed by atoms with van der Waals surface area (Å²) in [4.78, 5) is 5.03. The topological polar surface area (TPSA) is 18.5 Å². The molecule has 0 saturated carbocycles. The highest BCUT2D eigenvalue weighted by Crippen LogP contribution is 2.10. The van der Waals surface area contributed by atoms with E-state index in [1.807, 2.05) is 0 Å². The monoisotopic (exact) mass is 227 g/mol. The van der Waals surface area contributed by atoms with Crippen LogP contribution in [-0.4, -0.2) is 62.2 Å². The van der Waals surface area contributed by atoms with Crippen LogP contribution in [-0.2, 0) is 0 Å². The van der Waals surface area contributed by atoms with Gasteiger partial charge in [-0.3, -0.25) is 4.90 Å². The molecule has 0 bridgehead atoms. The maximum atomic E-state index is 3.64. The molecule has 1 aliphatic rings. The number of likely N-dealkylation sites (N-methyl/N-ethyl adjacent to an activating group) is 2. The molecule has 1 aliphatic heterocycles. The highest BCUT2D eigenvalue weighted by Gasteiger charge is 2.20. The van der Waals surface area contributed by atoms with Gasteiger partial charge in [-0.2, -0.15) is 0 Å². The maximum absolute atomic E-state index is 3.64. The van der Waals surface area contributed by atoms with Crippen LogP contribution in [0.15, 0.2) is 0 Å². The van der Waals surface area contributed by atoms with Crippen molar-refractivity contribution in [2.75, 3.05) is 46.3 Å². The second-order valence-corrected chi connectivity index (χ2v) is 5.15. The van der Waals surface area contributed by atoms with Crippen LogP contribution in [0.25, 0.3) is 0 Å². The lowest BCUT2D eigenvalue weighted by atomic mass is 9.98. The van der Waals surface area contributed by atoms with E-state index in [2.05, 4.69) is 42.9 Å². The molecule has 1 rings (SSSR count). The minimum Gasteiger partial charge on any atom is -0.313 e. The minimum absolute atomic E-state index is 0.665. The maximum Gasteiger partial charge on any atom is 0.0220 e. The number of nitrogens with zero attached hydrogens (tertiary/aromatic N) is 2. The summed E-state index contributed by atoms with van der Waals surface area (Å²) in [6, 6.07) is 0.665. The van der Waals surface area contributed by atoms with Gasteiger partial charge in [-0.15, -0.1) is 0 Å². The van der Waals surface area contributed by atoms with Gasteiger partial charge in [0.25, 0.3) is 0 Å². The van der Waals surface area contributed by atoms with Gasteiger partial charge in [-0.05, 0) is 19.5 Å². The van der Waals surface area contributed by atoms with Gasteiger partial charge < -0.3 is 10.2 Å². The van der Waals surface area contributed by atoms with Crippen molar-refractivity contribution in [3.8, 4) is 0 Å². The highest BCUT2D eigenvalue weighted by atomic mass is 15.3. The molecular formula is C13H29N3. The lowest BCUT2D eigenvalue weighted by molar-refractivity contribution is 0.131. The molecule has 3 nitrogen and oxygen atoms in total. The summed E-state index contributed by atoms with van der Waals surface area (Å²) in [5.74, 6) is 0.777. The normalized spacial score (nSPS) is 23.2. The van der Waals surface area contributed by atoms with E-state index in [1.165, 1.54) is 39.1 Å². The molecule has 0 radical (unpaired) electrons. The summed E-state index contributed by atoms with van der Waals surface area (Å²) < 4.78 is 0. The molecule has 16 heavy (non-hydrogen) atoms. The number of hydrogen-bond acceptors (Lipinski definition) is 3. The van der Waals surface area contributed by atoms with Crippen molar-refractivity contribution < 1.29 is 0 Å². The van der Waals surface area contributed by atoms with E-state index >= 15 is 0 Å². The molecule has 0 amide bonds. The van der Waals surface area contributed by atoms with E-state index in [9.17, 15) is 0 Å². The minimum atomic E-state index is 0.665. The molecule has 0 aromatic carbocycles. The van der Waals surface area contributed by atoms with Crippen LogP contribution in [0.3, 0.4) is 0 Å². The number of hydrogen-bond donors (Lipinski definition) is 1. The third-order valence-electron chi connectivity index (χ3n) is 3.85. The van der Waals surface area contributed by atoms with Gasteiger partial charge >= 0.3 is 0 Å². The van der Waals surface area contributed by atoms with Gasteiger partial charge in [0.2, 0.25) is 0 Å². The molecule has 1 N–H and O–H groups in total. The molecule has 0 aromatic rings. The Hall–Kier alpha value is -0.120. The van der Waals surface area contributed by atoms with Crippen molar-refractivity contribution in [3.63, 3.8) is 0 Å². The average molecular weight is 227 g/mol. The van der Waals surface area contributed by atoms with E-state index in [1.54, 1.807) is 0 Å². The summed E-state index contributed by atoms with van der Waals surface area (Å²) in [7, 11) is 2.22. The van der Waals surface area contributed by atoms with Crippen molar-refractivity contribution >= 4 is 0 Å². The Morgan fingerprint density at radius 2 is 1.75 bits per heavy atom. The fraction of sp³-hybridized carbons (Fsp3) is 1.00. The predicted molar refractivity (Wildman–Crippen MR) is 70.9 cm³/mol. The summed E-state index contributed by atoms with van der Waals surface area (Å²) in [5.41, 5.74) is 0. The van der Waals surface area contributed by atoms with Crippen LogP contribution >= 0.6 is 0 Å². The third-order valence-corrected chi connectivity index (χ3v) is 3.85. The summed E-state index contributed by atoms with van der Waals surface area (Å²) in [6.45, 7) is 14.1. The molecular weight excluding hydrogens is 198 g/mol. The number of nitrogens with one attached hydrogen (secondary N) is 1. The first-order valence-corrected chi connectivity index (χ1v) is 6.81. The predicted octanol–water partition coefficient (Wildman–Crippen LogP) is 1.26. The SMILES string of the molecule is CCNC(CN1CCN(C)CC1)C(C)CC. The first-order chi connectivity index (χ1) is 7.67. The summed E-state index contributed by atoms with van der Waals surface area (Å²) in [6.07, 6.45) is 1.27. The van der Waals surface area contributed by atoms with E-state index in [-0.39, 0.29) is 0 Å². The van der Waals surface area contributed by atoms with Gasteiger partial charge in [-0.1, -0.05) is 27.2 Å². The highest BCUT2D eigenvalue weighted by molar-refractivity contribution is 4.79. The number of piperazine rings is 1. The zero-order chi connectivity index (χ0) is 12.0. The van der Waals surface area contributed by atoms with Crippen LogP contribution in [0.4, 0.5) is 0 Å². The lowest BCUT2D eigenvalue weighted by Gasteiger charge is -2.36. The second-order valence-electron chi connectivity index (χ2n) is 5.15. The molecule has 1 fully saturated rings. The first kappa shape index (κ1) is 13.9. The average Bonchev–Trinajstić information content (AvgIpc) is 2.30.